The van der Waals surface area contributed by atoms with Crippen molar-refractivity contribution in [2.24, 2.45) is 0 Å². The average Bonchev–Trinajstić information content (AvgIpc) is 2.66. The molecule has 2 rings (SSSR count). The summed E-state index contributed by atoms with van der Waals surface area (Å²) < 4.78 is 26.0. The number of nitrogens with zero attached hydrogens (tertiary/aromatic N) is 1. The lowest BCUT2D eigenvalue weighted by molar-refractivity contribution is 0.0834. The molecule has 1 aromatic carbocycles. The molecule has 0 N–H and O–H groups in total. The van der Waals surface area contributed by atoms with Crippen LogP contribution < -0.4 is 0 Å². The molecule has 21 heavy (non-hydrogen) atoms. The van der Waals surface area contributed by atoms with E-state index in [9.17, 15) is 13.2 Å². The van der Waals surface area contributed by atoms with Gasteiger partial charge in [-0.1, -0.05) is 51.2 Å². The number of carbonyl (C=O) groups is 1. The molecule has 0 saturated carbocycles. The summed E-state index contributed by atoms with van der Waals surface area (Å²) in [5.74, 6) is -0.383. The molecule has 5 heteroatoms. The van der Waals surface area contributed by atoms with Gasteiger partial charge in [-0.05, 0) is 25.5 Å². The van der Waals surface area contributed by atoms with Crippen LogP contribution in [0, 0.1) is 0 Å². The highest BCUT2D eigenvalue weighted by Gasteiger charge is 2.43. The van der Waals surface area contributed by atoms with Crippen molar-refractivity contribution in [1.82, 2.24) is 4.31 Å². The highest BCUT2D eigenvalue weighted by atomic mass is 32.2. The smallest absolute Gasteiger partial charge is 0.268 e. The van der Waals surface area contributed by atoms with E-state index in [1.807, 2.05) is 6.92 Å². The summed E-state index contributed by atoms with van der Waals surface area (Å²) in [4.78, 5) is 12.5. The van der Waals surface area contributed by atoms with Crippen molar-refractivity contribution < 1.29 is 13.2 Å². The maximum atomic E-state index is 12.5. The molecule has 0 aromatic heterocycles. The van der Waals surface area contributed by atoms with E-state index in [1.165, 1.54) is 25.3 Å². The Morgan fingerprint density at radius 3 is 2.43 bits per heavy atom. The lowest BCUT2D eigenvalue weighted by atomic mass is 10.1. The minimum Gasteiger partial charge on any atom is -0.268 e. The summed E-state index contributed by atoms with van der Waals surface area (Å²) in [6.45, 7) is 3.98. The minimum absolute atomic E-state index is 0.146. The third kappa shape index (κ3) is 3.12. The third-order valence-corrected chi connectivity index (χ3v) is 5.94. The van der Waals surface area contributed by atoms with E-state index < -0.39 is 10.0 Å². The zero-order valence-electron chi connectivity index (χ0n) is 12.7. The molecule has 116 valence electrons. The van der Waals surface area contributed by atoms with Gasteiger partial charge in [0.25, 0.3) is 15.9 Å². The molecule has 1 atom stereocenters. The number of amides is 1. The van der Waals surface area contributed by atoms with Crippen molar-refractivity contribution in [2.45, 2.75) is 63.3 Å². The molecule has 1 unspecified atom stereocenters. The second-order valence-corrected chi connectivity index (χ2v) is 7.44. The first-order chi connectivity index (χ1) is 10.00. The van der Waals surface area contributed by atoms with Gasteiger partial charge in [-0.2, -0.15) is 0 Å². The first kappa shape index (κ1) is 16.0. The van der Waals surface area contributed by atoms with Crippen LogP contribution in [0.2, 0.25) is 0 Å². The Morgan fingerprint density at radius 2 is 1.76 bits per heavy atom. The molecule has 0 spiro atoms. The molecule has 1 aliphatic heterocycles. The molecule has 0 bridgehead atoms. The Morgan fingerprint density at radius 1 is 1.10 bits per heavy atom. The molecule has 1 aliphatic rings. The van der Waals surface area contributed by atoms with E-state index in [0.717, 1.165) is 23.6 Å². The van der Waals surface area contributed by atoms with Crippen LogP contribution in [0.3, 0.4) is 0 Å². The van der Waals surface area contributed by atoms with E-state index in [2.05, 4.69) is 6.92 Å². The highest BCUT2D eigenvalue weighted by molar-refractivity contribution is 7.90. The molecule has 0 fully saturated rings. The van der Waals surface area contributed by atoms with E-state index in [4.69, 9.17) is 0 Å². The summed E-state index contributed by atoms with van der Waals surface area (Å²) in [5, 5.41) is 0. The van der Waals surface area contributed by atoms with Gasteiger partial charge < -0.3 is 0 Å². The molecule has 0 saturated heterocycles. The van der Waals surface area contributed by atoms with Gasteiger partial charge in [0, 0.05) is 6.04 Å². The molecule has 0 aliphatic carbocycles. The van der Waals surface area contributed by atoms with Gasteiger partial charge >= 0.3 is 0 Å². The number of unbranched alkanes of at least 4 members (excludes halogenated alkanes) is 4. The standard InChI is InChI=1S/C16H23NO3S/c1-3-4-5-6-7-10-13(2)17-16(18)14-11-8-9-12-15(14)21(17,19)20/h8-9,11-13H,3-7,10H2,1-2H3. The van der Waals surface area contributed by atoms with Crippen LogP contribution in [-0.2, 0) is 10.0 Å². The van der Waals surface area contributed by atoms with Crippen LogP contribution in [0.5, 0.6) is 0 Å². The number of fused-ring (bicyclic) bond motifs is 1. The maximum absolute atomic E-state index is 12.5. The Labute approximate surface area is 127 Å². The molecule has 1 aromatic rings. The monoisotopic (exact) mass is 309 g/mol. The van der Waals surface area contributed by atoms with Crippen molar-refractivity contribution in [3.63, 3.8) is 0 Å². The molecular formula is C16H23NO3S. The fourth-order valence-electron chi connectivity index (χ4n) is 2.80. The van der Waals surface area contributed by atoms with Crippen molar-refractivity contribution >= 4 is 15.9 Å². The first-order valence-electron chi connectivity index (χ1n) is 7.68. The molecule has 1 amide bonds. The number of carbonyl (C=O) groups excluding carboxylic acids is 1. The Kier molecular flexibility index (Phi) is 5.04. The van der Waals surface area contributed by atoms with Crippen LogP contribution in [0.25, 0.3) is 0 Å². The fourth-order valence-corrected chi connectivity index (χ4v) is 4.59. The van der Waals surface area contributed by atoms with Gasteiger partial charge in [-0.15, -0.1) is 0 Å². The minimum atomic E-state index is -3.66. The molecular weight excluding hydrogens is 286 g/mol. The van der Waals surface area contributed by atoms with Gasteiger partial charge in [-0.25, -0.2) is 12.7 Å². The van der Waals surface area contributed by atoms with Gasteiger partial charge in [0.2, 0.25) is 0 Å². The summed E-state index contributed by atoms with van der Waals surface area (Å²) in [6, 6.07) is 6.17. The Bertz CT molecular complexity index is 610. The topological polar surface area (TPSA) is 54.5 Å². The first-order valence-corrected chi connectivity index (χ1v) is 9.12. The summed E-state index contributed by atoms with van der Waals surface area (Å²) in [6.07, 6.45) is 6.33. The lowest BCUT2D eigenvalue weighted by Gasteiger charge is -2.23. The van der Waals surface area contributed by atoms with Crippen molar-refractivity contribution in [1.29, 1.82) is 0 Å². The van der Waals surface area contributed by atoms with Crippen LogP contribution >= 0.6 is 0 Å². The van der Waals surface area contributed by atoms with Gasteiger partial charge in [0.1, 0.15) is 4.90 Å². The predicted octanol–water partition coefficient (Wildman–Crippen LogP) is 3.58. The van der Waals surface area contributed by atoms with E-state index in [1.54, 1.807) is 18.2 Å². The van der Waals surface area contributed by atoms with Gasteiger partial charge in [0.15, 0.2) is 0 Å². The van der Waals surface area contributed by atoms with Gasteiger partial charge in [0.05, 0.1) is 5.56 Å². The van der Waals surface area contributed by atoms with Crippen molar-refractivity contribution in [2.75, 3.05) is 0 Å². The molecule has 1 heterocycles. The Hall–Kier alpha value is -1.36. The second kappa shape index (κ2) is 6.60. The maximum Gasteiger partial charge on any atom is 0.269 e. The van der Waals surface area contributed by atoms with E-state index in [0.29, 0.717) is 5.56 Å². The van der Waals surface area contributed by atoms with E-state index >= 15 is 0 Å². The zero-order valence-corrected chi connectivity index (χ0v) is 13.5. The van der Waals surface area contributed by atoms with Crippen LogP contribution in [0.1, 0.15) is 62.7 Å². The number of hydrogen-bond donors (Lipinski definition) is 0. The number of rotatable bonds is 7. The highest BCUT2D eigenvalue weighted by Crippen LogP contribution is 2.32. The van der Waals surface area contributed by atoms with Crippen LogP contribution in [0.15, 0.2) is 29.2 Å². The lowest BCUT2D eigenvalue weighted by Crippen LogP contribution is -2.38. The van der Waals surface area contributed by atoms with Crippen LogP contribution in [0.4, 0.5) is 0 Å². The van der Waals surface area contributed by atoms with Crippen molar-refractivity contribution in [3.8, 4) is 0 Å². The third-order valence-electron chi connectivity index (χ3n) is 3.98. The van der Waals surface area contributed by atoms with E-state index in [-0.39, 0.29) is 16.8 Å². The second-order valence-electron chi connectivity index (χ2n) is 5.65. The Balaban J connectivity index is 2.06. The predicted molar refractivity (Wildman–Crippen MR) is 82.6 cm³/mol. The molecule has 4 nitrogen and oxygen atoms in total. The zero-order chi connectivity index (χ0) is 15.5. The number of sulfonamides is 1. The number of hydrogen-bond acceptors (Lipinski definition) is 3. The number of benzene rings is 1. The normalized spacial score (nSPS) is 17.8. The largest absolute Gasteiger partial charge is 0.269 e. The quantitative estimate of drug-likeness (QED) is 0.723. The average molecular weight is 309 g/mol. The van der Waals surface area contributed by atoms with Crippen LogP contribution in [-0.4, -0.2) is 24.7 Å². The molecule has 0 radical (unpaired) electrons. The summed E-state index contributed by atoms with van der Waals surface area (Å²) in [7, 11) is -3.66. The van der Waals surface area contributed by atoms with Crippen molar-refractivity contribution in [3.05, 3.63) is 29.8 Å². The SMILES string of the molecule is CCCCCCCC(C)N1C(=O)c2ccccc2S1(=O)=O. The summed E-state index contributed by atoms with van der Waals surface area (Å²) >= 11 is 0. The van der Waals surface area contributed by atoms with Gasteiger partial charge in [-0.3, -0.25) is 4.79 Å². The summed E-state index contributed by atoms with van der Waals surface area (Å²) in [5.41, 5.74) is 0.301. The fraction of sp³-hybridized carbons (Fsp3) is 0.562.